The van der Waals surface area contributed by atoms with Gasteiger partial charge in [0, 0.05) is 6.42 Å². The summed E-state index contributed by atoms with van der Waals surface area (Å²) in [4.78, 5) is 38.1. The summed E-state index contributed by atoms with van der Waals surface area (Å²) in [5.74, 6) is -1.71. The Morgan fingerprint density at radius 1 is 1.72 bits per heavy atom. The first kappa shape index (κ1) is 17.7. The Morgan fingerprint density at radius 2 is 2.44 bits per heavy atom. The number of aromatic nitrogens is 4. The number of anilines is 1. The number of rotatable bonds is 5. The lowest BCUT2D eigenvalue weighted by molar-refractivity contribution is -0.200. The normalized spacial score (nSPS) is 28.9. The number of aliphatic hydroxyl groups is 1. The number of nitrogen functional groups attached to an aromatic ring is 1. The Morgan fingerprint density at radius 3 is 3.08 bits per heavy atom. The molecule has 25 heavy (non-hydrogen) atoms. The van der Waals surface area contributed by atoms with Gasteiger partial charge in [0.1, 0.15) is 6.10 Å². The fourth-order valence-corrected chi connectivity index (χ4v) is 2.97. The summed E-state index contributed by atoms with van der Waals surface area (Å²) in [7, 11) is -4.20. The van der Waals surface area contributed by atoms with Crippen molar-refractivity contribution in [3.8, 4) is 0 Å². The maximum absolute atomic E-state index is 11.8. The minimum Gasteiger partial charge on any atom is -0.389 e. The van der Waals surface area contributed by atoms with E-state index in [0.29, 0.717) is 0 Å². The molecule has 2 aromatic heterocycles. The van der Waals surface area contributed by atoms with E-state index in [1.165, 1.54) is 17.0 Å². The maximum atomic E-state index is 11.8. The van der Waals surface area contributed by atoms with Gasteiger partial charge >= 0.3 is 7.60 Å². The molecule has 0 aromatic carbocycles. The molecule has 4 atom stereocenters. The van der Waals surface area contributed by atoms with Gasteiger partial charge in [-0.15, -0.1) is 0 Å². The van der Waals surface area contributed by atoms with Gasteiger partial charge in [-0.05, 0) is 6.08 Å². The van der Waals surface area contributed by atoms with E-state index < -0.39 is 37.6 Å². The summed E-state index contributed by atoms with van der Waals surface area (Å²) < 4.78 is 23.3. The highest BCUT2D eigenvalue weighted by atomic mass is 31.2. The van der Waals surface area contributed by atoms with Crippen molar-refractivity contribution in [2.24, 2.45) is 0 Å². The second kappa shape index (κ2) is 6.02. The van der Waals surface area contributed by atoms with Crippen LogP contribution in [0.1, 0.15) is 12.6 Å². The minimum atomic E-state index is -4.20. The quantitative estimate of drug-likeness (QED) is 0.281. The SMILES string of the molecule is C=CC1(OCP(=O)(O)[OH2+])CC(O)C(n2cnc3c(=O)[nH]c(N)nc32)O1. The Labute approximate surface area is 140 Å². The van der Waals surface area contributed by atoms with Crippen molar-refractivity contribution in [1.82, 2.24) is 19.5 Å². The number of aromatic amines is 1. The molecule has 136 valence electrons. The third kappa shape index (κ3) is 3.35. The monoisotopic (exact) mass is 374 g/mol. The number of hydrogen-bond donors (Lipinski definition) is 4. The molecule has 0 saturated carbocycles. The highest BCUT2D eigenvalue weighted by Crippen LogP contribution is 2.43. The number of aliphatic hydroxyl groups excluding tert-OH is 1. The van der Waals surface area contributed by atoms with Crippen molar-refractivity contribution in [2.75, 3.05) is 12.1 Å². The van der Waals surface area contributed by atoms with Gasteiger partial charge in [-0.3, -0.25) is 19.2 Å². The first-order valence-corrected chi connectivity index (χ1v) is 8.91. The molecular weight excluding hydrogens is 357 g/mol. The van der Waals surface area contributed by atoms with Crippen LogP contribution in [0.25, 0.3) is 11.2 Å². The molecule has 1 aliphatic rings. The van der Waals surface area contributed by atoms with Crippen LogP contribution in [0.3, 0.4) is 0 Å². The molecule has 4 unspecified atom stereocenters. The van der Waals surface area contributed by atoms with E-state index in [-0.39, 0.29) is 23.5 Å². The smallest absolute Gasteiger partial charge is 0.389 e. The number of imidazole rings is 1. The highest BCUT2D eigenvalue weighted by Gasteiger charge is 2.48. The summed E-state index contributed by atoms with van der Waals surface area (Å²) in [6, 6.07) is 0. The van der Waals surface area contributed by atoms with E-state index in [0.717, 1.165) is 0 Å². The number of hydrogen-bond acceptors (Lipinski definition) is 8. The molecule has 1 aliphatic heterocycles. The first-order valence-electron chi connectivity index (χ1n) is 7.07. The number of nitrogens with one attached hydrogen (secondary N) is 1. The van der Waals surface area contributed by atoms with Crippen molar-refractivity contribution in [2.45, 2.75) is 24.5 Å². The molecule has 2 aromatic rings. The molecule has 3 heterocycles. The van der Waals surface area contributed by atoms with Crippen LogP contribution >= 0.6 is 7.60 Å². The van der Waals surface area contributed by atoms with E-state index in [1.54, 1.807) is 0 Å². The largest absolute Gasteiger partial charge is 0.495 e. The topological polar surface area (TPSA) is 188 Å². The summed E-state index contributed by atoms with van der Waals surface area (Å²) in [5.41, 5.74) is 5.09. The third-order valence-electron chi connectivity index (χ3n) is 3.66. The second-order valence-electron chi connectivity index (χ2n) is 5.55. The molecule has 1 fully saturated rings. The lowest BCUT2D eigenvalue weighted by Crippen LogP contribution is -2.30. The van der Waals surface area contributed by atoms with Gasteiger partial charge in [0.15, 0.2) is 29.5 Å². The summed E-state index contributed by atoms with van der Waals surface area (Å²) in [6.45, 7) is 3.55. The van der Waals surface area contributed by atoms with Crippen LogP contribution in [-0.2, 0) is 14.0 Å². The fourth-order valence-electron chi connectivity index (χ4n) is 2.57. The van der Waals surface area contributed by atoms with Crippen LogP contribution in [0.5, 0.6) is 0 Å². The average Bonchev–Trinajstić information content (AvgIpc) is 3.06. The second-order valence-corrected chi connectivity index (χ2v) is 7.21. The van der Waals surface area contributed by atoms with Gasteiger partial charge in [0.05, 0.1) is 6.33 Å². The van der Waals surface area contributed by atoms with E-state index >= 15 is 0 Å². The first-order chi connectivity index (χ1) is 11.6. The van der Waals surface area contributed by atoms with Crippen LogP contribution in [0, 0.1) is 0 Å². The fraction of sp³-hybridized carbons (Fsp3) is 0.417. The molecule has 1 saturated heterocycles. The van der Waals surface area contributed by atoms with Crippen LogP contribution < -0.4 is 11.3 Å². The minimum absolute atomic E-state index is 0.00744. The van der Waals surface area contributed by atoms with Crippen LogP contribution in [0.4, 0.5) is 5.95 Å². The van der Waals surface area contributed by atoms with Crippen LogP contribution in [0.2, 0.25) is 0 Å². The van der Waals surface area contributed by atoms with Crippen molar-refractivity contribution in [1.29, 1.82) is 0 Å². The Kier molecular flexibility index (Phi) is 4.27. The van der Waals surface area contributed by atoms with E-state index in [4.69, 9.17) is 25.0 Å². The number of ether oxygens (including phenoxy) is 2. The Bertz CT molecular complexity index is 920. The predicted octanol–water partition coefficient (Wildman–Crippen LogP) is -1.25. The van der Waals surface area contributed by atoms with Gasteiger partial charge in [0.2, 0.25) is 5.95 Å². The van der Waals surface area contributed by atoms with Crippen LogP contribution in [-0.4, -0.2) is 52.7 Å². The van der Waals surface area contributed by atoms with Crippen molar-refractivity contribution in [3.63, 3.8) is 0 Å². The molecular formula is C12H17N5O7P+. The van der Waals surface area contributed by atoms with E-state index in [9.17, 15) is 14.5 Å². The molecule has 3 rings (SSSR count). The number of nitrogens with zero attached hydrogens (tertiary/aromatic N) is 3. The van der Waals surface area contributed by atoms with Crippen LogP contribution in [0.15, 0.2) is 23.8 Å². The lowest BCUT2D eigenvalue weighted by Gasteiger charge is -2.25. The Hall–Kier alpha value is -2.08. The van der Waals surface area contributed by atoms with Gasteiger partial charge in [-0.2, -0.15) is 4.98 Å². The molecule has 0 aliphatic carbocycles. The van der Waals surface area contributed by atoms with Gasteiger partial charge in [0.25, 0.3) is 5.56 Å². The number of H-pyrrole nitrogens is 1. The number of fused-ring (bicyclic) bond motifs is 1. The zero-order valence-electron chi connectivity index (χ0n) is 12.8. The molecule has 0 spiro atoms. The third-order valence-corrected chi connectivity index (χ3v) is 4.14. The highest BCUT2D eigenvalue weighted by molar-refractivity contribution is 7.51. The van der Waals surface area contributed by atoms with Crippen molar-refractivity contribution >= 4 is 24.7 Å². The summed E-state index contributed by atoms with van der Waals surface area (Å²) in [5, 5.41) is 10.3. The van der Waals surface area contributed by atoms with E-state index in [1.807, 2.05) is 0 Å². The standard InChI is InChI=1S/C12H16N5O7P/c1-2-12(23-5-25(20,21)22)3-6(18)10(24-12)17-4-14-7-8(17)15-11(13)16-9(7)19/h2,4,6,10,18H,1,3,5H2,(H2,20,21,22)(H3,13,15,16,19)/p+1. The van der Waals surface area contributed by atoms with Gasteiger partial charge < -0.3 is 25.2 Å². The summed E-state index contributed by atoms with van der Waals surface area (Å²) in [6.07, 6.45) is -0.615. The maximum Gasteiger partial charge on any atom is 0.495 e. The zero-order chi connectivity index (χ0) is 18.4. The molecule has 0 radical (unpaired) electrons. The lowest BCUT2D eigenvalue weighted by atomic mass is 10.1. The van der Waals surface area contributed by atoms with Gasteiger partial charge in [-0.25, -0.2) is 9.55 Å². The number of nitrogens with two attached hydrogens (primary N) is 1. The molecule has 0 amide bonds. The average molecular weight is 374 g/mol. The molecule has 12 nitrogen and oxygen atoms in total. The van der Waals surface area contributed by atoms with Crippen molar-refractivity contribution in [3.05, 3.63) is 29.3 Å². The summed E-state index contributed by atoms with van der Waals surface area (Å²) >= 11 is 0. The molecule has 13 heteroatoms. The molecule has 7 N–H and O–H groups in total. The molecule has 0 bridgehead atoms. The predicted molar refractivity (Wildman–Crippen MR) is 85.6 cm³/mol. The Balaban J connectivity index is 1.95. The zero-order valence-corrected chi connectivity index (χ0v) is 13.7. The van der Waals surface area contributed by atoms with E-state index in [2.05, 4.69) is 21.5 Å². The van der Waals surface area contributed by atoms with Crippen molar-refractivity contribution < 1.29 is 28.9 Å². The van der Waals surface area contributed by atoms with Gasteiger partial charge in [-0.1, -0.05) is 6.58 Å².